The van der Waals surface area contributed by atoms with Crippen molar-refractivity contribution in [2.24, 2.45) is 5.92 Å². The molecule has 0 radical (unpaired) electrons. The second-order valence-electron chi connectivity index (χ2n) is 5.52. The normalized spacial score (nSPS) is 14.1. The highest BCUT2D eigenvalue weighted by molar-refractivity contribution is 5.90. The number of hydrogen-bond donors (Lipinski definition) is 2. The van der Waals surface area contributed by atoms with Crippen molar-refractivity contribution in [2.75, 3.05) is 25.1 Å². The minimum absolute atomic E-state index is 0.149. The van der Waals surface area contributed by atoms with Crippen molar-refractivity contribution in [2.45, 2.75) is 33.1 Å². The third-order valence-corrected chi connectivity index (χ3v) is 3.52. The monoisotopic (exact) mass is 276 g/mol. The summed E-state index contributed by atoms with van der Waals surface area (Å²) in [5.41, 5.74) is 3.05. The van der Waals surface area contributed by atoms with Crippen molar-refractivity contribution in [3.63, 3.8) is 0 Å². The highest BCUT2D eigenvalue weighted by Crippen LogP contribution is 2.28. The van der Waals surface area contributed by atoms with E-state index in [1.165, 1.54) is 12.8 Å². The standard InChI is InChI=1S/C16H24N2O2/c1-12-5-3-6-13(2)15(12)18-16(19)17-9-4-10-20-11-14-7-8-14/h3,5-6,14H,4,7-11H2,1-2H3,(H2,17,18,19). The molecule has 4 heteroatoms. The first-order valence-corrected chi connectivity index (χ1v) is 7.35. The van der Waals surface area contributed by atoms with Gasteiger partial charge in [0.25, 0.3) is 0 Å². The molecular weight excluding hydrogens is 252 g/mol. The average Bonchev–Trinajstić information content (AvgIpc) is 3.22. The topological polar surface area (TPSA) is 50.4 Å². The van der Waals surface area contributed by atoms with Crippen molar-refractivity contribution in [1.82, 2.24) is 5.32 Å². The molecule has 1 fully saturated rings. The van der Waals surface area contributed by atoms with E-state index in [1.807, 2.05) is 32.0 Å². The number of nitrogens with one attached hydrogen (secondary N) is 2. The van der Waals surface area contributed by atoms with Crippen LogP contribution in [0.25, 0.3) is 0 Å². The lowest BCUT2D eigenvalue weighted by Gasteiger charge is -2.12. The molecule has 0 aromatic heterocycles. The van der Waals surface area contributed by atoms with Gasteiger partial charge in [0, 0.05) is 25.4 Å². The van der Waals surface area contributed by atoms with Gasteiger partial charge in [-0.15, -0.1) is 0 Å². The molecule has 110 valence electrons. The van der Waals surface area contributed by atoms with Crippen LogP contribution in [0.15, 0.2) is 18.2 Å². The summed E-state index contributed by atoms with van der Waals surface area (Å²) < 4.78 is 5.52. The summed E-state index contributed by atoms with van der Waals surface area (Å²) in [6.45, 7) is 6.23. The first-order valence-electron chi connectivity index (χ1n) is 7.35. The number of para-hydroxylation sites is 1. The van der Waals surface area contributed by atoms with Crippen molar-refractivity contribution < 1.29 is 9.53 Å². The predicted octanol–water partition coefficient (Wildman–Crippen LogP) is 3.24. The van der Waals surface area contributed by atoms with E-state index in [2.05, 4.69) is 10.6 Å². The SMILES string of the molecule is Cc1cccc(C)c1NC(=O)NCCCOCC1CC1. The number of carbonyl (C=O) groups is 1. The van der Waals surface area contributed by atoms with Crippen LogP contribution < -0.4 is 10.6 Å². The number of amides is 2. The molecule has 1 aliphatic carbocycles. The first-order chi connectivity index (χ1) is 9.66. The minimum atomic E-state index is -0.149. The van der Waals surface area contributed by atoms with Crippen LogP contribution >= 0.6 is 0 Å². The molecule has 2 N–H and O–H groups in total. The summed E-state index contributed by atoms with van der Waals surface area (Å²) >= 11 is 0. The van der Waals surface area contributed by atoms with E-state index < -0.39 is 0 Å². The molecule has 0 spiro atoms. The third kappa shape index (κ3) is 4.85. The van der Waals surface area contributed by atoms with Crippen LogP contribution in [0.5, 0.6) is 0 Å². The van der Waals surface area contributed by atoms with E-state index in [0.717, 1.165) is 42.4 Å². The van der Waals surface area contributed by atoms with Gasteiger partial charge in [-0.2, -0.15) is 0 Å². The van der Waals surface area contributed by atoms with Crippen LogP contribution in [0.4, 0.5) is 10.5 Å². The number of urea groups is 1. The number of anilines is 1. The lowest BCUT2D eigenvalue weighted by molar-refractivity contribution is 0.122. The van der Waals surface area contributed by atoms with E-state index in [4.69, 9.17) is 4.74 Å². The zero-order chi connectivity index (χ0) is 14.4. The number of carbonyl (C=O) groups excluding carboxylic acids is 1. The van der Waals surface area contributed by atoms with Crippen LogP contribution in [-0.2, 0) is 4.74 Å². The Morgan fingerprint density at radius 1 is 1.30 bits per heavy atom. The minimum Gasteiger partial charge on any atom is -0.381 e. The summed E-state index contributed by atoms with van der Waals surface area (Å²) in [4.78, 5) is 11.8. The maximum absolute atomic E-state index is 11.8. The van der Waals surface area contributed by atoms with Gasteiger partial charge in [0.05, 0.1) is 0 Å². The van der Waals surface area contributed by atoms with E-state index in [9.17, 15) is 4.79 Å². The van der Waals surface area contributed by atoms with Gasteiger partial charge in [-0.1, -0.05) is 18.2 Å². The molecule has 0 saturated heterocycles. The Labute approximate surface area is 120 Å². The third-order valence-electron chi connectivity index (χ3n) is 3.52. The molecule has 2 amide bonds. The van der Waals surface area contributed by atoms with Gasteiger partial charge >= 0.3 is 6.03 Å². The van der Waals surface area contributed by atoms with Crippen molar-refractivity contribution in [3.8, 4) is 0 Å². The van der Waals surface area contributed by atoms with Crippen molar-refractivity contribution in [1.29, 1.82) is 0 Å². The number of benzene rings is 1. The Balaban J connectivity index is 1.62. The van der Waals surface area contributed by atoms with E-state index in [1.54, 1.807) is 0 Å². The van der Waals surface area contributed by atoms with E-state index in [0.29, 0.717) is 6.54 Å². The van der Waals surface area contributed by atoms with Gasteiger partial charge in [0.15, 0.2) is 0 Å². The smallest absolute Gasteiger partial charge is 0.319 e. The largest absolute Gasteiger partial charge is 0.381 e. The Morgan fingerprint density at radius 3 is 2.65 bits per heavy atom. The number of aryl methyl sites for hydroxylation is 2. The number of ether oxygens (including phenoxy) is 1. The van der Waals surface area contributed by atoms with Gasteiger partial charge in [-0.05, 0) is 50.2 Å². The summed E-state index contributed by atoms with van der Waals surface area (Å²) in [6, 6.07) is 5.83. The Bertz CT molecular complexity index is 436. The fraction of sp³-hybridized carbons (Fsp3) is 0.562. The summed E-state index contributed by atoms with van der Waals surface area (Å²) in [6.07, 6.45) is 3.49. The van der Waals surface area contributed by atoms with Gasteiger partial charge in [0.1, 0.15) is 0 Å². The van der Waals surface area contributed by atoms with E-state index >= 15 is 0 Å². The highest BCUT2D eigenvalue weighted by atomic mass is 16.5. The first kappa shape index (κ1) is 14.9. The summed E-state index contributed by atoms with van der Waals surface area (Å²) in [5.74, 6) is 0.801. The van der Waals surface area contributed by atoms with Crippen LogP contribution in [0.3, 0.4) is 0 Å². The fourth-order valence-electron chi connectivity index (χ4n) is 2.08. The van der Waals surface area contributed by atoms with Crippen LogP contribution in [0.2, 0.25) is 0 Å². The second-order valence-corrected chi connectivity index (χ2v) is 5.52. The zero-order valence-electron chi connectivity index (χ0n) is 12.4. The van der Waals surface area contributed by atoms with Gasteiger partial charge in [-0.25, -0.2) is 4.79 Å². The van der Waals surface area contributed by atoms with Crippen LogP contribution in [0.1, 0.15) is 30.4 Å². The number of hydrogen-bond acceptors (Lipinski definition) is 2. The molecular formula is C16H24N2O2. The maximum Gasteiger partial charge on any atom is 0.319 e. The maximum atomic E-state index is 11.8. The molecule has 0 unspecified atom stereocenters. The Kier molecular flexibility index (Phi) is 5.41. The quantitative estimate of drug-likeness (QED) is 0.751. The molecule has 1 aliphatic rings. The predicted molar refractivity (Wildman–Crippen MR) is 81.1 cm³/mol. The van der Waals surface area contributed by atoms with Crippen molar-refractivity contribution >= 4 is 11.7 Å². The van der Waals surface area contributed by atoms with Gasteiger partial charge < -0.3 is 15.4 Å². The molecule has 1 saturated carbocycles. The highest BCUT2D eigenvalue weighted by Gasteiger charge is 2.20. The summed E-state index contributed by atoms with van der Waals surface area (Å²) in [7, 11) is 0. The molecule has 0 heterocycles. The molecule has 0 aliphatic heterocycles. The van der Waals surface area contributed by atoms with Crippen LogP contribution in [-0.4, -0.2) is 25.8 Å². The molecule has 4 nitrogen and oxygen atoms in total. The zero-order valence-corrected chi connectivity index (χ0v) is 12.4. The Hall–Kier alpha value is -1.55. The van der Waals surface area contributed by atoms with Gasteiger partial charge in [-0.3, -0.25) is 0 Å². The molecule has 1 aromatic carbocycles. The Morgan fingerprint density at radius 2 is 2.00 bits per heavy atom. The molecule has 0 atom stereocenters. The van der Waals surface area contributed by atoms with Crippen LogP contribution in [0, 0.1) is 19.8 Å². The van der Waals surface area contributed by atoms with Gasteiger partial charge in [0.2, 0.25) is 0 Å². The van der Waals surface area contributed by atoms with E-state index in [-0.39, 0.29) is 6.03 Å². The fourth-order valence-corrected chi connectivity index (χ4v) is 2.08. The molecule has 1 aromatic rings. The number of rotatable bonds is 7. The second kappa shape index (κ2) is 7.29. The molecule has 20 heavy (non-hydrogen) atoms. The summed E-state index contributed by atoms with van der Waals surface area (Å²) in [5, 5.41) is 5.77. The average molecular weight is 276 g/mol. The molecule has 2 rings (SSSR count). The lowest BCUT2D eigenvalue weighted by Crippen LogP contribution is -2.30. The molecule has 0 bridgehead atoms. The lowest BCUT2D eigenvalue weighted by atomic mass is 10.1. The van der Waals surface area contributed by atoms with Crippen molar-refractivity contribution in [3.05, 3.63) is 29.3 Å².